The van der Waals surface area contributed by atoms with Crippen molar-refractivity contribution in [2.24, 2.45) is 5.73 Å². The largest absolute Gasteiger partial charge is 0.394 e. The molecule has 1 aromatic carbocycles. The van der Waals surface area contributed by atoms with Gasteiger partial charge >= 0.3 is 0 Å². The van der Waals surface area contributed by atoms with Gasteiger partial charge in [-0.15, -0.1) is 0 Å². The molecule has 98 valence electrons. The van der Waals surface area contributed by atoms with Gasteiger partial charge in [0.05, 0.1) is 19.3 Å². The van der Waals surface area contributed by atoms with Crippen molar-refractivity contribution < 1.29 is 9.84 Å². The van der Waals surface area contributed by atoms with Crippen LogP contribution in [0.5, 0.6) is 0 Å². The topological polar surface area (TPSA) is 82.6 Å². The van der Waals surface area contributed by atoms with Crippen LogP contribution < -0.4 is 5.73 Å². The molecule has 1 aliphatic rings. The second kappa shape index (κ2) is 5.95. The fourth-order valence-electron chi connectivity index (χ4n) is 2.20. The zero-order valence-corrected chi connectivity index (χ0v) is 10.3. The van der Waals surface area contributed by atoms with Gasteiger partial charge < -0.3 is 15.6 Å². The molecular formula is C13H19N3O2. The lowest BCUT2D eigenvalue weighted by atomic mass is 10.1. The second-order valence-electron chi connectivity index (χ2n) is 4.48. The summed E-state index contributed by atoms with van der Waals surface area (Å²) in [5.41, 5.74) is 7.40. The molecule has 0 bridgehead atoms. The molecular weight excluding hydrogens is 230 g/mol. The molecule has 18 heavy (non-hydrogen) atoms. The summed E-state index contributed by atoms with van der Waals surface area (Å²) >= 11 is 0. The van der Waals surface area contributed by atoms with Crippen LogP contribution in [-0.4, -0.2) is 48.2 Å². The van der Waals surface area contributed by atoms with E-state index in [0.717, 1.165) is 24.2 Å². The Labute approximate surface area is 107 Å². The van der Waals surface area contributed by atoms with E-state index >= 15 is 0 Å². The van der Waals surface area contributed by atoms with E-state index in [1.807, 2.05) is 24.3 Å². The third-order valence-corrected chi connectivity index (χ3v) is 3.13. The molecule has 5 nitrogen and oxygen atoms in total. The summed E-state index contributed by atoms with van der Waals surface area (Å²) in [6.45, 7) is 2.96. The summed E-state index contributed by atoms with van der Waals surface area (Å²) in [7, 11) is 0. The van der Waals surface area contributed by atoms with E-state index in [1.165, 1.54) is 0 Å². The molecule has 1 unspecified atom stereocenters. The van der Waals surface area contributed by atoms with E-state index in [4.69, 9.17) is 21.0 Å². The smallest absolute Gasteiger partial charge is 0.123 e. The lowest BCUT2D eigenvalue weighted by Crippen LogP contribution is -2.43. The highest BCUT2D eigenvalue weighted by Gasteiger charge is 2.20. The van der Waals surface area contributed by atoms with Gasteiger partial charge in [-0.1, -0.05) is 24.3 Å². The van der Waals surface area contributed by atoms with Crippen molar-refractivity contribution in [3.05, 3.63) is 35.4 Å². The number of aliphatic hydroxyl groups is 1. The average Bonchev–Trinajstić information content (AvgIpc) is 2.39. The van der Waals surface area contributed by atoms with Crippen LogP contribution in [0.3, 0.4) is 0 Å². The first-order valence-corrected chi connectivity index (χ1v) is 6.08. The van der Waals surface area contributed by atoms with Gasteiger partial charge in [0, 0.05) is 25.2 Å². The second-order valence-corrected chi connectivity index (χ2v) is 4.48. The Balaban J connectivity index is 2.07. The Morgan fingerprint density at radius 2 is 2.28 bits per heavy atom. The van der Waals surface area contributed by atoms with Gasteiger partial charge in [0.15, 0.2) is 0 Å². The van der Waals surface area contributed by atoms with Crippen molar-refractivity contribution in [2.75, 3.05) is 26.3 Å². The number of nitrogens with two attached hydrogens (primary N) is 1. The van der Waals surface area contributed by atoms with Crippen molar-refractivity contribution in [1.82, 2.24) is 4.90 Å². The van der Waals surface area contributed by atoms with Crippen LogP contribution in [0.2, 0.25) is 0 Å². The molecule has 1 aliphatic heterocycles. The number of hydrogen-bond acceptors (Lipinski definition) is 4. The van der Waals surface area contributed by atoms with Gasteiger partial charge in [0.2, 0.25) is 0 Å². The number of nitrogens with one attached hydrogen (secondary N) is 1. The molecule has 1 fully saturated rings. The number of nitrogen functional groups attached to an aromatic ring is 1. The lowest BCUT2D eigenvalue weighted by Gasteiger charge is -2.32. The number of morpholine rings is 1. The van der Waals surface area contributed by atoms with Crippen LogP contribution >= 0.6 is 0 Å². The summed E-state index contributed by atoms with van der Waals surface area (Å²) in [4.78, 5) is 2.21. The maximum Gasteiger partial charge on any atom is 0.123 e. The molecule has 1 heterocycles. The third kappa shape index (κ3) is 3.07. The fraction of sp³-hybridized carbons (Fsp3) is 0.462. The Kier molecular flexibility index (Phi) is 4.30. The van der Waals surface area contributed by atoms with Gasteiger partial charge in [-0.3, -0.25) is 10.3 Å². The number of benzene rings is 1. The number of hydrogen-bond donors (Lipinski definition) is 3. The van der Waals surface area contributed by atoms with Crippen LogP contribution in [0.15, 0.2) is 24.3 Å². The zero-order chi connectivity index (χ0) is 13.0. The maximum atomic E-state index is 9.11. The van der Waals surface area contributed by atoms with Crippen LogP contribution in [0.4, 0.5) is 0 Å². The van der Waals surface area contributed by atoms with E-state index in [-0.39, 0.29) is 18.5 Å². The average molecular weight is 249 g/mol. The molecule has 1 atom stereocenters. The van der Waals surface area contributed by atoms with E-state index in [9.17, 15) is 0 Å². The molecule has 1 saturated heterocycles. The van der Waals surface area contributed by atoms with E-state index in [0.29, 0.717) is 13.2 Å². The molecule has 0 aliphatic carbocycles. The van der Waals surface area contributed by atoms with Crippen molar-refractivity contribution in [3.63, 3.8) is 0 Å². The Hall–Kier alpha value is -1.43. The predicted octanol–water partition coefficient (Wildman–Crippen LogP) is 0.164. The normalized spacial score (nSPS) is 20.8. The van der Waals surface area contributed by atoms with E-state index < -0.39 is 0 Å². The summed E-state index contributed by atoms with van der Waals surface area (Å²) in [6.07, 6.45) is -0.108. The summed E-state index contributed by atoms with van der Waals surface area (Å²) < 4.78 is 5.41. The van der Waals surface area contributed by atoms with Crippen LogP contribution in [0, 0.1) is 5.41 Å². The van der Waals surface area contributed by atoms with Gasteiger partial charge in [0.1, 0.15) is 5.84 Å². The van der Waals surface area contributed by atoms with Gasteiger partial charge in [-0.25, -0.2) is 0 Å². The van der Waals surface area contributed by atoms with Crippen molar-refractivity contribution in [2.45, 2.75) is 12.6 Å². The predicted molar refractivity (Wildman–Crippen MR) is 69.6 cm³/mol. The minimum atomic E-state index is -0.108. The van der Waals surface area contributed by atoms with E-state index in [2.05, 4.69) is 4.90 Å². The van der Waals surface area contributed by atoms with E-state index in [1.54, 1.807) is 0 Å². The van der Waals surface area contributed by atoms with Crippen LogP contribution in [-0.2, 0) is 11.3 Å². The van der Waals surface area contributed by atoms with Crippen LogP contribution in [0.1, 0.15) is 11.1 Å². The molecule has 0 amide bonds. The highest BCUT2D eigenvalue weighted by Crippen LogP contribution is 2.14. The number of nitrogens with zero attached hydrogens (tertiary/aromatic N) is 1. The first-order valence-electron chi connectivity index (χ1n) is 6.08. The Morgan fingerprint density at radius 1 is 1.50 bits per heavy atom. The summed E-state index contributed by atoms with van der Waals surface area (Å²) in [5.74, 6) is 0.0950. The van der Waals surface area contributed by atoms with Crippen LogP contribution in [0.25, 0.3) is 0 Å². The first-order chi connectivity index (χ1) is 8.70. The molecule has 0 spiro atoms. The Bertz CT molecular complexity index is 422. The zero-order valence-electron chi connectivity index (χ0n) is 10.3. The first kappa shape index (κ1) is 13.0. The van der Waals surface area contributed by atoms with Crippen molar-refractivity contribution in [1.29, 1.82) is 5.41 Å². The number of rotatable bonds is 4. The van der Waals surface area contributed by atoms with Gasteiger partial charge in [-0.05, 0) is 5.56 Å². The highest BCUT2D eigenvalue weighted by molar-refractivity contribution is 5.96. The number of ether oxygens (including phenoxy) is 1. The molecule has 2 rings (SSSR count). The molecule has 0 aromatic heterocycles. The molecule has 0 saturated carbocycles. The minimum absolute atomic E-state index is 0.0465. The summed E-state index contributed by atoms with van der Waals surface area (Å²) in [6, 6.07) is 7.68. The fourth-order valence-corrected chi connectivity index (χ4v) is 2.20. The van der Waals surface area contributed by atoms with Crippen molar-refractivity contribution in [3.8, 4) is 0 Å². The lowest BCUT2D eigenvalue weighted by molar-refractivity contribution is -0.0551. The van der Waals surface area contributed by atoms with Gasteiger partial charge in [0.25, 0.3) is 0 Å². The standard InChI is InChI=1S/C13H19N3O2/c14-13(15)12-4-2-1-3-10(12)7-16-5-6-18-11(8-16)9-17/h1-4,11,17H,5-9H2,(H3,14,15). The SMILES string of the molecule is N=C(N)c1ccccc1CN1CCOC(CO)C1. The molecule has 5 heteroatoms. The van der Waals surface area contributed by atoms with Gasteiger partial charge in [-0.2, -0.15) is 0 Å². The maximum absolute atomic E-state index is 9.11. The number of amidine groups is 1. The molecule has 4 N–H and O–H groups in total. The Morgan fingerprint density at radius 3 is 3.00 bits per heavy atom. The van der Waals surface area contributed by atoms with Crippen molar-refractivity contribution >= 4 is 5.84 Å². The third-order valence-electron chi connectivity index (χ3n) is 3.13. The number of aliphatic hydroxyl groups excluding tert-OH is 1. The minimum Gasteiger partial charge on any atom is -0.394 e. The highest BCUT2D eigenvalue weighted by atomic mass is 16.5. The molecule has 1 aromatic rings. The quantitative estimate of drug-likeness (QED) is 0.524. The molecule has 0 radical (unpaired) electrons. The monoisotopic (exact) mass is 249 g/mol. The summed E-state index contributed by atoms with van der Waals surface area (Å²) in [5, 5.41) is 16.7.